The van der Waals surface area contributed by atoms with E-state index in [0.717, 1.165) is 5.75 Å². The fourth-order valence-electron chi connectivity index (χ4n) is 0.932. The van der Waals surface area contributed by atoms with Crippen molar-refractivity contribution >= 4 is 6.47 Å². The van der Waals surface area contributed by atoms with Gasteiger partial charge in [0.05, 0.1) is 19.3 Å². The molecule has 1 N–H and O–H groups in total. The van der Waals surface area contributed by atoms with Crippen molar-refractivity contribution in [3.63, 3.8) is 0 Å². The number of aliphatic hydroxyl groups excluding tert-OH is 1. The van der Waals surface area contributed by atoms with Crippen LogP contribution in [0.5, 0.6) is 5.75 Å². The van der Waals surface area contributed by atoms with Gasteiger partial charge in [0, 0.05) is 6.42 Å². The van der Waals surface area contributed by atoms with Crippen LogP contribution in [-0.4, -0.2) is 30.9 Å². The van der Waals surface area contributed by atoms with Gasteiger partial charge in [0.15, 0.2) is 0 Å². The maximum atomic E-state index is 9.18. The van der Waals surface area contributed by atoms with Crippen molar-refractivity contribution in [1.82, 2.24) is 0 Å². The van der Waals surface area contributed by atoms with Gasteiger partial charge in [0.2, 0.25) is 0 Å². The molecular weight excluding hydrogens is 220 g/mol. The van der Waals surface area contributed by atoms with Crippen molar-refractivity contribution in [3.05, 3.63) is 30.3 Å². The van der Waals surface area contributed by atoms with Crippen LogP contribution in [0.4, 0.5) is 0 Å². The smallest absolute Gasteiger partial charge is 0.293 e. The third kappa shape index (κ3) is 10.7. The van der Waals surface area contributed by atoms with Gasteiger partial charge in [-0.1, -0.05) is 18.2 Å². The van der Waals surface area contributed by atoms with Crippen molar-refractivity contribution in [3.8, 4) is 5.75 Å². The van der Waals surface area contributed by atoms with Gasteiger partial charge in [-0.15, -0.1) is 0 Å². The van der Waals surface area contributed by atoms with Gasteiger partial charge in [-0.05, 0) is 26.0 Å². The second-order valence-electron chi connectivity index (χ2n) is 3.35. The summed E-state index contributed by atoms with van der Waals surface area (Å²) in [5.74, 6) is 0.859. The highest BCUT2D eigenvalue weighted by molar-refractivity contribution is 5.36. The Hall–Kier alpha value is -1.55. The molecule has 4 heteroatoms. The Balaban J connectivity index is 0.000000437. The number of benzene rings is 1. The molecule has 1 unspecified atom stereocenters. The van der Waals surface area contributed by atoms with Gasteiger partial charge < -0.3 is 14.6 Å². The molecule has 1 aromatic carbocycles. The van der Waals surface area contributed by atoms with Gasteiger partial charge in [-0.3, -0.25) is 4.79 Å². The second-order valence-corrected chi connectivity index (χ2v) is 3.35. The minimum absolute atomic E-state index is 0.284. The largest absolute Gasteiger partial charge is 0.493 e. The van der Waals surface area contributed by atoms with Gasteiger partial charge in [-0.25, -0.2) is 0 Å². The predicted molar refractivity (Wildman–Crippen MR) is 65.9 cm³/mol. The number of ether oxygens (including phenoxy) is 2. The first kappa shape index (κ1) is 15.4. The maximum absolute atomic E-state index is 9.18. The standard InChI is InChI=1S/C10H14O2.C3H6O2/c1-9(11)7-8-12-10-5-3-2-4-6-10;1-2-5-3-4/h2-6,9,11H,7-8H2,1H3;3H,2H2,1H3. The molecule has 0 saturated carbocycles. The summed E-state index contributed by atoms with van der Waals surface area (Å²) in [4.78, 5) is 9.18. The lowest BCUT2D eigenvalue weighted by Crippen LogP contribution is -2.07. The summed E-state index contributed by atoms with van der Waals surface area (Å²) in [7, 11) is 0. The van der Waals surface area contributed by atoms with E-state index in [1.165, 1.54) is 0 Å². The first-order chi connectivity index (χ1) is 8.20. The molecule has 1 atom stereocenters. The Bertz CT molecular complexity index is 272. The maximum Gasteiger partial charge on any atom is 0.293 e. The van der Waals surface area contributed by atoms with Gasteiger partial charge in [-0.2, -0.15) is 0 Å². The average Bonchev–Trinajstić information content (AvgIpc) is 2.32. The zero-order valence-corrected chi connectivity index (χ0v) is 10.3. The Labute approximate surface area is 102 Å². The predicted octanol–water partition coefficient (Wildman–Crippen LogP) is 2.02. The van der Waals surface area contributed by atoms with E-state index >= 15 is 0 Å². The third-order valence-electron chi connectivity index (χ3n) is 1.78. The number of hydrogen-bond donors (Lipinski definition) is 1. The highest BCUT2D eigenvalue weighted by atomic mass is 16.5. The Morgan fingerprint density at radius 2 is 2.00 bits per heavy atom. The molecule has 0 aliphatic carbocycles. The van der Waals surface area contributed by atoms with Crippen LogP contribution < -0.4 is 4.74 Å². The van der Waals surface area contributed by atoms with E-state index in [4.69, 9.17) is 9.84 Å². The van der Waals surface area contributed by atoms with Crippen molar-refractivity contribution in [2.24, 2.45) is 0 Å². The lowest BCUT2D eigenvalue weighted by atomic mass is 10.3. The molecule has 0 aromatic heterocycles. The molecular formula is C13H20O4. The third-order valence-corrected chi connectivity index (χ3v) is 1.78. The molecule has 4 nitrogen and oxygen atoms in total. The number of rotatable bonds is 6. The molecule has 0 radical (unpaired) electrons. The summed E-state index contributed by atoms with van der Waals surface area (Å²) in [6, 6.07) is 9.61. The van der Waals surface area contributed by atoms with E-state index in [9.17, 15) is 4.79 Å². The molecule has 0 fully saturated rings. The van der Waals surface area contributed by atoms with E-state index in [-0.39, 0.29) is 6.10 Å². The summed E-state index contributed by atoms with van der Waals surface area (Å²) >= 11 is 0. The van der Waals surface area contributed by atoms with Crippen LogP contribution in [0.25, 0.3) is 0 Å². The molecule has 0 spiro atoms. The van der Waals surface area contributed by atoms with Crippen LogP contribution in [0.3, 0.4) is 0 Å². The fourth-order valence-corrected chi connectivity index (χ4v) is 0.932. The lowest BCUT2D eigenvalue weighted by Gasteiger charge is -2.06. The molecule has 0 aliphatic heterocycles. The van der Waals surface area contributed by atoms with Crippen LogP contribution in [0, 0.1) is 0 Å². The number of hydrogen-bond acceptors (Lipinski definition) is 4. The molecule has 1 aromatic rings. The molecule has 1 rings (SSSR count). The Morgan fingerprint density at radius 3 is 2.41 bits per heavy atom. The minimum atomic E-state index is -0.284. The van der Waals surface area contributed by atoms with E-state index in [0.29, 0.717) is 26.1 Å². The van der Waals surface area contributed by atoms with Crippen LogP contribution in [-0.2, 0) is 9.53 Å². The van der Waals surface area contributed by atoms with E-state index < -0.39 is 0 Å². The highest BCUT2D eigenvalue weighted by Gasteiger charge is 1.95. The van der Waals surface area contributed by atoms with E-state index in [2.05, 4.69) is 4.74 Å². The number of para-hydroxylation sites is 1. The van der Waals surface area contributed by atoms with Crippen LogP contribution >= 0.6 is 0 Å². The molecule has 0 saturated heterocycles. The number of aliphatic hydroxyl groups is 1. The lowest BCUT2D eigenvalue weighted by molar-refractivity contribution is -0.128. The SMILES string of the molecule is CC(O)CCOc1ccccc1.CCOC=O. The molecule has 96 valence electrons. The van der Waals surface area contributed by atoms with Crippen LogP contribution in [0.1, 0.15) is 20.3 Å². The van der Waals surface area contributed by atoms with Crippen LogP contribution in [0.15, 0.2) is 30.3 Å². The Morgan fingerprint density at radius 1 is 1.35 bits per heavy atom. The first-order valence-corrected chi connectivity index (χ1v) is 5.61. The summed E-state index contributed by atoms with van der Waals surface area (Å²) < 4.78 is 9.51. The van der Waals surface area contributed by atoms with Gasteiger partial charge >= 0.3 is 0 Å². The van der Waals surface area contributed by atoms with Crippen LogP contribution in [0.2, 0.25) is 0 Å². The summed E-state index contributed by atoms with van der Waals surface area (Å²) in [6.45, 7) is 4.99. The summed E-state index contributed by atoms with van der Waals surface area (Å²) in [6.07, 6.45) is 0.392. The number of carbonyl (C=O) groups is 1. The van der Waals surface area contributed by atoms with E-state index in [1.807, 2.05) is 30.3 Å². The normalized spacial score (nSPS) is 10.8. The molecule has 17 heavy (non-hydrogen) atoms. The monoisotopic (exact) mass is 240 g/mol. The number of carbonyl (C=O) groups excluding carboxylic acids is 1. The van der Waals surface area contributed by atoms with Crippen molar-refractivity contribution in [1.29, 1.82) is 0 Å². The minimum Gasteiger partial charge on any atom is -0.493 e. The first-order valence-electron chi connectivity index (χ1n) is 5.61. The zero-order chi connectivity index (χ0) is 12.9. The molecule has 0 heterocycles. The Kier molecular flexibility index (Phi) is 9.95. The van der Waals surface area contributed by atoms with Gasteiger partial charge in [0.1, 0.15) is 5.75 Å². The van der Waals surface area contributed by atoms with E-state index in [1.54, 1.807) is 13.8 Å². The van der Waals surface area contributed by atoms with Crippen molar-refractivity contribution < 1.29 is 19.4 Å². The topological polar surface area (TPSA) is 55.8 Å². The van der Waals surface area contributed by atoms with Gasteiger partial charge in [0.25, 0.3) is 6.47 Å². The highest BCUT2D eigenvalue weighted by Crippen LogP contribution is 2.08. The fraction of sp³-hybridized carbons (Fsp3) is 0.462. The average molecular weight is 240 g/mol. The second kappa shape index (κ2) is 11.0. The van der Waals surface area contributed by atoms with Crippen molar-refractivity contribution in [2.45, 2.75) is 26.4 Å². The zero-order valence-electron chi connectivity index (χ0n) is 10.3. The quantitative estimate of drug-likeness (QED) is 0.773. The summed E-state index contributed by atoms with van der Waals surface area (Å²) in [5, 5.41) is 8.95. The summed E-state index contributed by atoms with van der Waals surface area (Å²) in [5.41, 5.74) is 0. The van der Waals surface area contributed by atoms with Crippen molar-refractivity contribution in [2.75, 3.05) is 13.2 Å². The molecule has 0 aliphatic rings. The molecule has 0 amide bonds. The molecule has 0 bridgehead atoms.